The third-order valence-electron chi connectivity index (χ3n) is 4.19. The van der Waals surface area contributed by atoms with Gasteiger partial charge in [-0.2, -0.15) is 0 Å². The average molecular weight is 356 g/mol. The molecule has 2 aromatic heterocycles. The van der Waals surface area contributed by atoms with Crippen molar-refractivity contribution in [1.82, 2.24) is 9.97 Å². The molecule has 6 heteroatoms. The Morgan fingerprint density at radius 2 is 2.00 bits per heavy atom. The maximum absolute atomic E-state index is 12.0. The van der Waals surface area contributed by atoms with Crippen molar-refractivity contribution in [2.45, 2.75) is 39.0 Å². The Morgan fingerprint density at radius 3 is 2.65 bits per heavy atom. The summed E-state index contributed by atoms with van der Waals surface area (Å²) in [6, 6.07) is 5.71. The molecule has 1 amide bonds. The van der Waals surface area contributed by atoms with Crippen molar-refractivity contribution in [3.63, 3.8) is 0 Å². The zero-order chi connectivity index (χ0) is 18.8. The molecule has 0 fully saturated rings. The molecule has 0 aliphatic carbocycles. The van der Waals surface area contributed by atoms with Gasteiger partial charge in [0.05, 0.1) is 11.3 Å². The fraction of sp³-hybridized carbons (Fsp3) is 0.450. The molecule has 2 heterocycles. The summed E-state index contributed by atoms with van der Waals surface area (Å²) < 4.78 is 5.07. The Hall–Kier alpha value is -2.47. The monoisotopic (exact) mass is 356 g/mol. The molecule has 0 unspecified atom stereocenters. The lowest BCUT2D eigenvalue weighted by Gasteiger charge is -2.15. The second-order valence-electron chi connectivity index (χ2n) is 6.21. The van der Waals surface area contributed by atoms with Crippen LogP contribution in [-0.4, -0.2) is 36.1 Å². The predicted octanol–water partition coefficient (Wildman–Crippen LogP) is 3.42. The van der Waals surface area contributed by atoms with Crippen LogP contribution in [0.25, 0.3) is 11.1 Å². The molecule has 6 nitrogen and oxygen atoms in total. The molecule has 2 rings (SSSR count). The van der Waals surface area contributed by atoms with E-state index in [2.05, 4.69) is 17.2 Å². The highest BCUT2D eigenvalue weighted by Crippen LogP contribution is 2.28. The van der Waals surface area contributed by atoms with E-state index in [1.165, 1.54) is 0 Å². The molecule has 0 aromatic carbocycles. The van der Waals surface area contributed by atoms with Gasteiger partial charge >= 0.3 is 0 Å². The molecule has 0 saturated carbocycles. The van der Waals surface area contributed by atoms with Crippen molar-refractivity contribution in [3.05, 3.63) is 41.9 Å². The van der Waals surface area contributed by atoms with Gasteiger partial charge in [-0.05, 0) is 43.0 Å². The average Bonchev–Trinajstić information content (AvgIpc) is 2.66. The van der Waals surface area contributed by atoms with Crippen LogP contribution in [0, 0.1) is 0 Å². The largest absolute Gasteiger partial charge is 0.385 e. The molecule has 0 aliphatic heterocycles. The molecule has 140 valence electrons. The minimum absolute atomic E-state index is 0.411. The molecule has 2 aromatic rings. The summed E-state index contributed by atoms with van der Waals surface area (Å²) in [6.45, 7) is 3.50. The van der Waals surface area contributed by atoms with Crippen LogP contribution in [0.4, 0.5) is 5.82 Å². The molecule has 0 saturated heterocycles. The van der Waals surface area contributed by atoms with Gasteiger partial charge in [0.25, 0.3) is 5.91 Å². The Labute approximate surface area is 155 Å². The van der Waals surface area contributed by atoms with Crippen molar-refractivity contribution in [2.75, 3.05) is 25.6 Å². The number of anilines is 1. The second kappa shape index (κ2) is 10.5. The number of aryl methyl sites for hydroxylation is 1. The first-order valence-electron chi connectivity index (χ1n) is 9.14. The third-order valence-corrected chi connectivity index (χ3v) is 4.19. The first-order chi connectivity index (χ1) is 12.7. The SMILES string of the molecule is CCCCCc1nc(NCCCOC)c(C(N)=O)cc1-c1ccncc1. The number of aromatic nitrogens is 2. The zero-order valence-corrected chi connectivity index (χ0v) is 15.6. The van der Waals surface area contributed by atoms with Gasteiger partial charge in [0.1, 0.15) is 5.82 Å². The number of nitrogens with zero attached hydrogens (tertiary/aromatic N) is 2. The number of amides is 1. The highest BCUT2D eigenvalue weighted by Gasteiger charge is 2.16. The fourth-order valence-electron chi connectivity index (χ4n) is 2.81. The van der Waals surface area contributed by atoms with E-state index < -0.39 is 5.91 Å². The van der Waals surface area contributed by atoms with E-state index in [0.29, 0.717) is 24.5 Å². The van der Waals surface area contributed by atoms with Crippen LogP contribution in [-0.2, 0) is 11.2 Å². The molecule has 0 atom stereocenters. The van der Waals surface area contributed by atoms with E-state index in [-0.39, 0.29) is 0 Å². The van der Waals surface area contributed by atoms with Gasteiger partial charge in [-0.3, -0.25) is 9.78 Å². The standard InChI is InChI=1S/C20H28N4O2/c1-3-4-5-7-18-16(15-8-11-22-12-9-15)14-17(19(21)25)20(24-18)23-10-6-13-26-2/h8-9,11-12,14H,3-7,10,13H2,1-2H3,(H2,21,25)(H,23,24). The van der Waals surface area contributed by atoms with Gasteiger partial charge in [0.2, 0.25) is 0 Å². The van der Waals surface area contributed by atoms with Crippen LogP contribution in [0.5, 0.6) is 0 Å². The molecule has 0 spiro atoms. The van der Waals surface area contributed by atoms with Crippen LogP contribution in [0.3, 0.4) is 0 Å². The van der Waals surface area contributed by atoms with Crippen LogP contribution in [0.2, 0.25) is 0 Å². The van der Waals surface area contributed by atoms with Gasteiger partial charge in [0, 0.05) is 38.2 Å². The number of hydrogen-bond donors (Lipinski definition) is 2. The fourth-order valence-corrected chi connectivity index (χ4v) is 2.81. The van der Waals surface area contributed by atoms with Gasteiger partial charge < -0.3 is 15.8 Å². The minimum Gasteiger partial charge on any atom is -0.385 e. The van der Waals surface area contributed by atoms with E-state index >= 15 is 0 Å². The van der Waals surface area contributed by atoms with Crippen molar-refractivity contribution in [3.8, 4) is 11.1 Å². The highest BCUT2D eigenvalue weighted by molar-refractivity contribution is 5.99. The number of pyridine rings is 2. The maximum atomic E-state index is 12.0. The summed E-state index contributed by atoms with van der Waals surface area (Å²) in [4.78, 5) is 20.8. The van der Waals surface area contributed by atoms with E-state index in [1.807, 2.05) is 18.2 Å². The summed E-state index contributed by atoms with van der Waals surface area (Å²) in [5.41, 5.74) is 8.93. The summed E-state index contributed by atoms with van der Waals surface area (Å²) in [5, 5.41) is 3.23. The number of carbonyl (C=O) groups is 1. The summed E-state index contributed by atoms with van der Waals surface area (Å²) in [7, 11) is 1.67. The molecule has 0 aliphatic rings. The lowest BCUT2D eigenvalue weighted by Crippen LogP contribution is -2.18. The summed E-state index contributed by atoms with van der Waals surface area (Å²) >= 11 is 0. The first kappa shape index (κ1) is 19.8. The molecule has 0 bridgehead atoms. The second-order valence-corrected chi connectivity index (χ2v) is 6.21. The predicted molar refractivity (Wildman–Crippen MR) is 104 cm³/mol. The van der Waals surface area contributed by atoms with Gasteiger partial charge in [-0.25, -0.2) is 4.98 Å². The number of nitrogens with one attached hydrogen (secondary N) is 1. The third kappa shape index (κ3) is 5.52. The van der Waals surface area contributed by atoms with Crippen LogP contribution < -0.4 is 11.1 Å². The van der Waals surface area contributed by atoms with Crippen molar-refractivity contribution in [1.29, 1.82) is 0 Å². The first-order valence-corrected chi connectivity index (χ1v) is 9.14. The van der Waals surface area contributed by atoms with Gasteiger partial charge in [-0.1, -0.05) is 19.8 Å². The van der Waals surface area contributed by atoms with Crippen molar-refractivity contribution in [2.24, 2.45) is 5.73 Å². The number of hydrogen-bond acceptors (Lipinski definition) is 5. The number of ether oxygens (including phenoxy) is 1. The number of nitrogens with two attached hydrogens (primary N) is 1. The zero-order valence-electron chi connectivity index (χ0n) is 15.6. The number of primary amides is 1. The highest BCUT2D eigenvalue weighted by atomic mass is 16.5. The minimum atomic E-state index is -0.484. The summed E-state index contributed by atoms with van der Waals surface area (Å²) in [6.07, 6.45) is 8.52. The van der Waals surface area contributed by atoms with Gasteiger partial charge in [0.15, 0.2) is 0 Å². The van der Waals surface area contributed by atoms with E-state index in [4.69, 9.17) is 15.5 Å². The van der Waals surface area contributed by atoms with E-state index in [0.717, 1.165) is 48.9 Å². The molecule has 3 N–H and O–H groups in total. The molecule has 0 radical (unpaired) electrons. The smallest absolute Gasteiger partial charge is 0.252 e. The molecular formula is C20H28N4O2. The van der Waals surface area contributed by atoms with Crippen molar-refractivity contribution < 1.29 is 9.53 Å². The number of unbranched alkanes of at least 4 members (excludes halogenated alkanes) is 2. The lowest BCUT2D eigenvalue weighted by atomic mass is 9.99. The maximum Gasteiger partial charge on any atom is 0.252 e. The topological polar surface area (TPSA) is 90.1 Å². The lowest BCUT2D eigenvalue weighted by molar-refractivity contribution is 0.100. The number of rotatable bonds is 11. The van der Waals surface area contributed by atoms with Gasteiger partial charge in [-0.15, -0.1) is 0 Å². The Morgan fingerprint density at radius 1 is 1.23 bits per heavy atom. The Bertz CT molecular complexity index is 704. The summed E-state index contributed by atoms with van der Waals surface area (Å²) in [5.74, 6) is 0.0695. The van der Waals surface area contributed by atoms with E-state index in [9.17, 15) is 4.79 Å². The molecule has 26 heavy (non-hydrogen) atoms. The van der Waals surface area contributed by atoms with E-state index in [1.54, 1.807) is 19.5 Å². The normalized spacial score (nSPS) is 10.7. The Kier molecular flexibility index (Phi) is 8.02. The van der Waals surface area contributed by atoms with Crippen LogP contribution in [0.1, 0.15) is 48.7 Å². The van der Waals surface area contributed by atoms with Crippen LogP contribution >= 0.6 is 0 Å². The quantitative estimate of drug-likeness (QED) is 0.602. The van der Waals surface area contributed by atoms with Crippen molar-refractivity contribution >= 4 is 11.7 Å². The Balaban J connectivity index is 2.38. The number of carbonyl (C=O) groups excluding carboxylic acids is 1. The van der Waals surface area contributed by atoms with Crippen LogP contribution in [0.15, 0.2) is 30.6 Å². The number of methoxy groups -OCH3 is 1. The molecular weight excluding hydrogens is 328 g/mol.